The normalized spacial score (nSPS) is 16.6. The van der Waals surface area contributed by atoms with Crippen LogP contribution in [0, 0.1) is 13.8 Å². The second-order valence-corrected chi connectivity index (χ2v) is 8.74. The maximum atomic E-state index is 13.3. The third-order valence-corrected chi connectivity index (χ3v) is 6.99. The van der Waals surface area contributed by atoms with Crippen molar-refractivity contribution in [1.82, 2.24) is 14.4 Å². The van der Waals surface area contributed by atoms with E-state index in [0.29, 0.717) is 30.2 Å². The molecule has 1 aliphatic heterocycles. The first-order chi connectivity index (χ1) is 12.9. The molecule has 3 rings (SSSR count). The van der Waals surface area contributed by atoms with Gasteiger partial charge in [-0.3, -0.25) is 0 Å². The monoisotopic (exact) mass is 393 g/mol. The zero-order valence-electron chi connectivity index (χ0n) is 16.4. The first kappa shape index (κ1) is 19.9. The second kappa shape index (κ2) is 8.00. The molecule has 0 unspecified atom stereocenters. The minimum absolute atomic E-state index is 0.167. The summed E-state index contributed by atoms with van der Waals surface area (Å²) in [7, 11) is -2.18. The van der Waals surface area contributed by atoms with Crippen molar-refractivity contribution in [2.75, 3.05) is 39.8 Å². The summed E-state index contributed by atoms with van der Waals surface area (Å²) in [6, 6.07) is 5.09. The van der Waals surface area contributed by atoms with Gasteiger partial charge >= 0.3 is 0 Å². The Balaban J connectivity index is 1.94. The van der Waals surface area contributed by atoms with E-state index in [4.69, 9.17) is 9.26 Å². The van der Waals surface area contributed by atoms with Crippen LogP contribution in [0.5, 0.6) is 5.75 Å². The molecule has 1 aromatic carbocycles. The van der Waals surface area contributed by atoms with Crippen LogP contribution >= 0.6 is 0 Å². The zero-order valence-corrected chi connectivity index (χ0v) is 17.2. The number of sulfonamides is 1. The SMILES string of the molecule is CCCN1CCN(S(=O)(=O)c2cc(-c3onc(C)c3C)ccc2OC)CC1. The molecule has 8 heteroatoms. The van der Waals surface area contributed by atoms with Crippen molar-refractivity contribution in [3.63, 3.8) is 0 Å². The largest absolute Gasteiger partial charge is 0.495 e. The van der Waals surface area contributed by atoms with Crippen molar-refractivity contribution in [1.29, 1.82) is 0 Å². The van der Waals surface area contributed by atoms with Crippen LogP contribution in [0.4, 0.5) is 0 Å². The standard InChI is InChI=1S/C19H27N3O4S/c1-5-8-21-9-11-22(12-10-21)27(23,24)18-13-16(6-7-17(18)25-4)19-14(2)15(3)20-26-19/h6-7,13H,5,8-12H2,1-4H3. The molecule has 2 heterocycles. The summed E-state index contributed by atoms with van der Waals surface area (Å²) < 4.78 is 38.9. The number of aryl methyl sites for hydroxylation is 1. The zero-order chi connectivity index (χ0) is 19.6. The Morgan fingerprint density at radius 1 is 1.19 bits per heavy atom. The molecule has 0 saturated carbocycles. The van der Waals surface area contributed by atoms with Gasteiger partial charge in [-0.1, -0.05) is 12.1 Å². The van der Waals surface area contributed by atoms with E-state index in [2.05, 4.69) is 17.0 Å². The fourth-order valence-corrected chi connectivity index (χ4v) is 4.96. The highest BCUT2D eigenvalue weighted by Crippen LogP contribution is 2.34. The summed E-state index contributed by atoms with van der Waals surface area (Å²) in [5.41, 5.74) is 2.37. The van der Waals surface area contributed by atoms with Gasteiger partial charge in [0.1, 0.15) is 10.6 Å². The molecule has 0 atom stereocenters. The van der Waals surface area contributed by atoms with Crippen LogP contribution in [0.2, 0.25) is 0 Å². The van der Waals surface area contributed by atoms with Gasteiger partial charge in [-0.2, -0.15) is 4.31 Å². The molecular formula is C19H27N3O4S. The lowest BCUT2D eigenvalue weighted by atomic mass is 10.1. The van der Waals surface area contributed by atoms with Crippen molar-refractivity contribution in [2.24, 2.45) is 0 Å². The van der Waals surface area contributed by atoms with Crippen molar-refractivity contribution in [3.8, 4) is 17.1 Å². The Kier molecular flexibility index (Phi) is 5.88. The van der Waals surface area contributed by atoms with Gasteiger partial charge in [0, 0.05) is 37.3 Å². The van der Waals surface area contributed by atoms with E-state index in [1.807, 2.05) is 13.8 Å². The van der Waals surface area contributed by atoms with Gasteiger partial charge in [-0.25, -0.2) is 8.42 Å². The van der Waals surface area contributed by atoms with Gasteiger partial charge in [0.05, 0.1) is 12.8 Å². The highest BCUT2D eigenvalue weighted by molar-refractivity contribution is 7.89. The molecule has 27 heavy (non-hydrogen) atoms. The lowest BCUT2D eigenvalue weighted by Gasteiger charge is -2.34. The minimum atomic E-state index is -3.66. The average molecular weight is 394 g/mol. The molecule has 0 radical (unpaired) electrons. The summed E-state index contributed by atoms with van der Waals surface area (Å²) in [4.78, 5) is 2.46. The van der Waals surface area contributed by atoms with Gasteiger partial charge in [-0.05, 0) is 45.0 Å². The Labute approximate surface area is 160 Å². The Morgan fingerprint density at radius 3 is 2.44 bits per heavy atom. The molecule has 0 amide bonds. The van der Waals surface area contributed by atoms with Crippen molar-refractivity contribution in [3.05, 3.63) is 29.5 Å². The summed E-state index contributed by atoms with van der Waals surface area (Å²) in [6.45, 7) is 9.35. The van der Waals surface area contributed by atoms with E-state index in [1.165, 1.54) is 7.11 Å². The fourth-order valence-electron chi connectivity index (χ4n) is 3.35. The first-order valence-corrected chi connectivity index (χ1v) is 10.7. The first-order valence-electron chi connectivity index (χ1n) is 9.22. The number of hydrogen-bond acceptors (Lipinski definition) is 6. The van der Waals surface area contributed by atoms with Crippen LogP contribution < -0.4 is 4.74 Å². The van der Waals surface area contributed by atoms with Gasteiger partial charge in [-0.15, -0.1) is 0 Å². The summed E-state index contributed by atoms with van der Waals surface area (Å²) in [6.07, 6.45) is 1.07. The Morgan fingerprint density at radius 2 is 1.89 bits per heavy atom. The number of ether oxygens (including phenoxy) is 1. The third-order valence-electron chi connectivity index (χ3n) is 5.07. The van der Waals surface area contributed by atoms with Gasteiger partial charge in [0.25, 0.3) is 0 Å². The van der Waals surface area contributed by atoms with E-state index in [-0.39, 0.29) is 4.90 Å². The van der Waals surface area contributed by atoms with Gasteiger partial charge in [0.2, 0.25) is 10.0 Å². The predicted molar refractivity (Wildman–Crippen MR) is 103 cm³/mol. The van der Waals surface area contributed by atoms with E-state index in [1.54, 1.807) is 22.5 Å². The lowest BCUT2D eigenvalue weighted by molar-refractivity contribution is 0.188. The van der Waals surface area contributed by atoms with Crippen molar-refractivity contribution in [2.45, 2.75) is 32.1 Å². The maximum Gasteiger partial charge on any atom is 0.246 e. The second-order valence-electron chi connectivity index (χ2n) is 6.83. The van der Waals surface area contributed by atoms with Crippen LogP contribution in [-0.2, 0) is 10.0 Å². The topological polar surface area (TPSA) is 75.9 Å². The highest BCUT2D eigenvalue weighted by Gasteiger charge is 2.31. The van der Waals surface area contributed by atoms with Gasteiger partial charge < -0.3 is 14.2 Å². The third kappa shape index (κ3) is 3.88. The molecule has 1 aliphatic rings. The molecule has 0 spiro atoms. The van der Waals surface area contributed by atoms with E-state index in [0.717, 1.165) is 37.3 Å². The molecule has 0 aliphatic carbocycles. The molecule has 148 valence electrons. The lowest BCUT2D eigenvalue weighted by Crippen LogP contribution is -2.48. The van der Waals surface area contributed by atoms with Crippen molar-refractivity contribution < 1.29 is 17.7 Å². The molecule has 7 nitrogen and oxygen atoms in total. The molecule has 0 bridgehead atoms. The van der Waals surface area contributed by atoms with E-state index < -0.39 is 10.0 Å². The molecule has 2 aromatic rings. The van der Waals surface area contributed by atoms with Crippen LogP contribution in [0.25, 0.3) is 11.3 Å². The highest BCUT2D eigenvalue weighted by atomic mass is 32.2. The van der Waals surface area contributed by atoms with E-state index in [9.17, 15) is 8.42 Å². The number of methoxy groups -OCH3 is 1. The number of hydrogen-bond donors (Lipinski definition) is 0. The molecule has 1 aromatic heterocycles. The average Bonchev–Trinajstić information content (AvgIpc) is 3.01. The number of rotatable bonds is 6. The van der Waals surface area contributed by atoms with Crippen molar-refractivity contribution >= 4 is 10.0 Å². The fraction of sp³-hybridized carbons (Fsp3) is 0.526. The Hall–Kier alpha value is -1.90. The van der Waals surface area contributed by atoms with Crippen LogP contribution in [-0.4, -0.2) is 62.6 Å². The number of benzene rings is 1. The minimum Gasteiger partial charge on any atom is -0.495 e. The van der Waals surface area contributed by atoms with E-state index >= 15 is 0 Å². The number of piperazine rings is 1. The van der Waals surface area contributed by atoms with Gasteiger partial charge in [0.15, 0.2) is 5.76 Å². The number of nitrogens with zero attached hydrogens (tertiary/aromatic N) is 3. The molecular weight excluding hydrogens is 366 g/mol. The van der Waals surface area contributed by atoms with Crippen LogP contribution in [0.3, 0.4) is 0 Å². The summed E-state index contributed by atoms with van der Waals surface area (Å²) in [5, 5.41) is 3.97. The smallest absolute Gasteiger partial charge is 0.246 e. The summed E-state index contributed by atoms with van der Waals surface area (Å²) in [5.74, 6) is 0.919. The number of aromatic nitrogens is 1. The van der Waals surface area contributed by atoms with Crippen LogP contribution in [0.1, 0.15) is 24.6 Å². The Bertz CT molecular complexity index is 900. The quantitative estimate of drug-likeness (QED) is 0.751. The molecule has 1 saturated heterocycles. The molecule has 0 N–H and O–H groups in total. The maximum absolute atomic E-state index is 13.3. The summed E-state index contributed by atoms with van der Waals surface area (Å²) >= 11 is 0. The van der Waals surface area contributed by atoms with Crippen LogP contribution in [0.15, 0.2) is 27.6 Å². The predicted octanol–water partition coefficient (Wildman–Crippen LogP) is 2.68. The molecule has 1 fully saturated rings.